The maximum atomic E-state index is 7.42. The van der Waals surface area contributed by atoms with Crippen LogP contribution >= 0.6 is 0 Å². The quantitative estimate of drug-likeness (QED) is 0.236. The summed E-state index contributed by atoms with van der Waals surface area (Å²) < 4.78 is 7.42. The monoisotopic (exact) mass is 494 g/mol. The van der Waals surface area contributed by atoms with Crippen molar-refractivity contribution >= 4 is 11.1 Å². The zero-order chi connectivity index (χ0) is 26.4. The highest BCUT2D eigenvalue weighted by Crippen LogP contribution is 2.70. The number of hydrogen-bond donors (Lipinski definition) is 0. The van der Waals surface area contributed by atoms with Gasteiger partial charge in [0.25, 0.3) is 0 Å². The largest absolute Gasteiger partial charge is 0.472 e. The molecule has 4 aromatic carbocycles. The molecule has 8 rings (SSSR count). The number of rotatable bonds is 0. The normalized spacial score (nSPS) is 21.5. The van der Waals surface area contributed by atoms with Crippen LogP contribution in [0.5, 0.6) is 5.75 Å². The molecule has 0 radical (unpaired) electrons. The van der Waals surface area contributed by atoms with Gasteiger partial charge >= 0.3 is 0 Å². The number of fused-ring (bicyclic) bond motifs is 5. The Kier molecular flexibility index (Phi) is 3.95. The van der Waals surface area contributed by atoms with Crippen LogP contribution in [0.1, 0.15) is 93.3 Å². The first-order valence-corrected chi connectivity index (χ1v) is 14.0. The van der Waals surface area contributed by atoms with Crippen LogP contribution in [0.15, 0.2) is 72.8 Å². The number of hydrogen-bond acceptors (Lipinski definition) is 1. The van der Waals surface area contributed by atoms with Gasteiger partial charge in [0.2, 0.25) is 0 Å². The first-order chi connectivity index (χ1) is 18.0. The fourth-order valence-corrected chi connectivity index (χ4v) is 7.59. The highest BCUT2D eigenvalue weighted by atomic mass is 16.5. The zero-order valence-corrected chi connectivity index (χ0v) is 23.4. The molecule has 0 fully saturated rings. The van der Waals surface area contributed by atoms with Crippen molar-refractivity contribution in [2.24, 2.45) is 0 Å². The topological polar surface area (TPSA) is 9.23 Å². The SMILES string of the molecule is CC1C2=C3c4c(cccc41)-c1cc(C(C)(C)C)cc4c1C3(Oc1ccccc12)c1cc(C(C)(C)C)ccc1-4. The maximum Gasteiger partial charge on any atom is 0.187 e. The molecule has 4 aliphatic rings. The molecule has 0 amide bonds. The standard InChI is InChI=1S/C37H34O/c1-20-23-12-10-13-25-28-18-22(36(5,6)7)17-27-24-16-15-21(35(2,3)4)19-29(24)37(33(27)28)34(32(23)25)31(20)26-11-8-9-14-30(26)38-37/h8-20H,1-7H3. The van der Waals surface area contributed by atoms with Gasteiger partial charge in [-0.3, -0.25) is 0 Å². The van der Waals surface area contributed by atoms with Crippen molar-refractivity contribution in [3.05, 3.63) is 112 Å². The Morgan fingerprint density at radius 1 is 0.658 bits per heavy atom. The van der Waals surface area contributed by atoms with E-state index >= 15 is 0 Å². The van der Waals surface area contributed by atoms with Crippen LogP contribution in [-0.4, -0.2) is 0 Å². The molecule has 1 heterocycles. The summed E-state index contributed by atoms with van der Waals surface area (Å²) in [7, 11) is 0. The zero-order valence-electron chi connectivity index (χ0n) is 23.4. The number of benzene rings is 4. The van der Waals surface area contributed by atoms with Gasteiger partial charge in [0, 0.05) is 28.2 Å². The van der Waals surface area contributed by atoms with Gasteiger partial charge in [-0.2, -0.15) is 0 Å². The predicted molar refractivity (Wildman–Crippen MR) is 158 cm³/mol. The van der Waals surface area contributed by atoms with Gasteiger partial charge in [-0.1, -0.05) is 109 Å². The Hall–Kier alpha value is -3.58. The molecule has 2 atom stereocenters. The Bertz CT molecular complexity index is 1770. The lowest BCUT2D eigenvalue weighted by Gasteiger charge is -2.44. The smallest absolute Gasteiger partial charge is 0.187 e. The molecular weight excluding hydrogens is 460 g/mol. The molecule has 1 nitrogen and oxygen atoms in total. The van der Waals surface area contributed by atoms with Crippen molar-refractivity contribution in [1.29, 1.82) is 0 Å². The molecule has 188 valence electrons. The van der Waals surface area contributed by atoms with E-state index in [1.807, 2.05) is 0 Å². The summed E-state index contributed by atoms with van der Waals surface area (Å²) in [5.74, 6) is 1.32. The van der Waals surface area contributed by atoms with Crippen molar-refractivity contribution in [3.63, 3.8) is 0 Å². The molecule has 1 heteroatoms. The Labute approximate surface area is 226 Å². The first kappa shape index (κ1) is 22.4. The van der Waals surface area contributed by atoms with E-state index in [4.69, 9.17) is 4.74 Å². The van der Waals surface area contributed by atoms with Crippen molar-refractivity contribution < 1.29 is 4.74 Å². The van der Waals surface area contributed by atoms with Crippen molar-refractivity contribution in [1.82, 2.24) is 0 Å². The highest BCUT2D eigenvalue weighted by molar-refractivity contribution is 6.15. The van der Waals surface area contributed by atoms with Crippen LogP contribution in [-0.2, 0) is 16.4 Å². The van der Waals surface area contributed by atoms with Gasteiger partial charge < -0.3 is 4.74 Å². The van der Waals surface area contributed by atoms with Crippen molar-refractivity contribution in [2.75, 3.05) is 0 Å². The van der Waals surface area contributed by atoms with E-state index in [9.17, 15) is 0 Å². The summed E-state index contributed by atoms with van der Waals surface area (Å²) in [6.07, 6.45) is 0. The fourth-order valence-electron chi connectivity index (χ4n) is 7.59. The lowest BCUT2D eigenvalue weighted by Crippen LogP contribution is -2.39. The Balaban J connectivity index is 1.61. The van der Waals surface area contributed by atoms with Gasteiger partial charge in [0.15, 0.2) is 5.60 Å². The summed E-state index contributed by atoms with van der Waals surface area (Å²) in [6.45, 7) is 16.3. The fraction of sp³-hybridized carbons (Fsp3) is 0.297. The van der Waals surface area contributed by atoms with E-state index in [1.54, 1.807) is 0 Å². The summed E-state index contributed by atoms with van der Waals surface area (Å²) in [4.78, 5) is 0. The molecule has 1 aliphatic heterocycles. The van der Waals surface area contributed by atoms with E-state index in [0.29, 0.717) is 5.92 Å². The van der Waals surface area contributed by atoms with Gasteiger partial charge in [-0.05, 0) is 73.0 Å². The molecule has 0 saturated heterocycles. The van der Waals surface area contributed by atoms with Gasteiger partial charge in [0.1, 0.15) is 5.75 Å². The second-order valence-electron chi connectivity index (χ2n) is 13.8. The first-order valence-electron chi connectivity index (χ1n) is 14.0. The Morgan fingerprint density at radius 3 is 2.08 bits per heavy atom. The average molecular weight is 495 g/mol. The lowest BCUT2D eigenvalue weighted by atomic mass is 9.68. The van der Waals surface area contributed by atoms with E-state index < -0.39 is 5.60 Å². The number of ether oxygens (including phenoxy) is 1. The molecule has 1 spiro atoms. The molecular formula is C37H34O. The molecule has 4 aromatic rings. The maximum absolute atomic E-state index is 7.42. The number of para-hydroxylation sites is 1. The number of allylic oxidation sites excluding steroid dienone is 1. The Morgan fingerprint density at radius 2 is 1.34 bits per heavy atom. The summed E-state index contributed by atoms with van der Waals surface area (Å²) in [5, 5.41) is 0. The van der Waals surface area contributed by atoms with Gasteiger partial charge in [0.05, 0.1) is 0 Å². The molecule has 2 unspecified atom stereocenters. The second-order valence-corrected chi connectivity index (χ2v) is 13.8. The van der Waals surface area contributed by atoms with E-state index in [1.165, 1.54) is 72.3 Å². The third kappa shape index (κ3) is 2.49. The van der Waals surface area contributed by atoms with E-state index in [-0.39, 0.29) is 10.8 Å². The highest BCUT2D eigenvalue weighted by Gasteiger charge is 2.59. The van der Waals surface area contributed by atoms with E-state index in [2.05, 4.69) is 121 Å². The summed E-state index contributed by atoms with van der Waals surface area (Å²) >= 11 is 0. The minimum Gasteiger partial charge on any atom is -0.472 e. The van der Waals surface area contributed by atoms with Gasteiger partial charge in [-0.15, -0.1) is 0 Å². The molecule has 0 bridgehead atoms. The second kappa shape index (κ2) is 6.70. The van der Waals surface area contributed by atoms with Gasteiger partial charge in [-0.25, -0.2) is 0 Å². The third-order valence-electron chi connectivity index (χ3n) is 9.51. The molecule has 0 N–H and O–H groups in total. The van der Waals surface area contributed by atoms with Crippen molar-refractivity contribution in [3.8, 4) is 28.0 Å². The van der Waals surface area contributed by atoms with Crippen LogP contribution < -0.4 is 4.74 Å². The van der Waals surface area contributed by atoms with Crippen LogP contribution in [0.4, 0.5) is 0 Å². The summed E-state index contributed by atoms with van der Waals surface area (Å²) in [5.41, 5.74) is 17.1. The molecule has 3 aliphatic carbocycles. The molecule has 0 aromatic heterocycles. The third-order valence-corrected chi connectivity index (χ3v) is 9.51. The minimum absolute atomic E-state index is 0.0410. The van der Waals surface area contributed by atoms with Crippen LogP contribution in [0.25, 0.3) is 33.4 Å². The minimum atomic E-state index is -0.630. The van der Waals surface area contributed by atoms with Crippen LogP contribution in [0.2, 0.25) is 0 Å². The van der Waals surface area contributed by atoms with Crippen LogP contribution in [0, 0.1) is 0 Å². The predicted octanol–water partition coefficient (Wildman–Crippen LogP) is 9.61. The lowest BCUT2D eigenvalue weighted by molar-refractivity contribution is 0.175. The summed E-state index contributed by atoms with van der Waals surface area (Å²) in [6, 6.07) is 27.8. The van der Waals surface area contributed by atoms with Crippen molar-refractivity contribution in [2.45, 2.75) is 70.8 Å². The van der Waals surface area contributed by atoms with E-state index in [0.717, 1.165) is 5.75 Å². The molecule has 0 saturated carbocycles. The average Bonchev–Trinajstić information content (AvgIpc) is 3.33. The van der Waals surface area contributed by atoms with Crippen LogP contribution in [0.3, 0.4) is 0 Å². The molecule has 38 heavy (non-hydrogen) atoms.